The van der Waals surface area contributed by atoms with Crippen LogP contribution in [0.5, 0.6) is 0 Å². The van der Waals surface area contributed by atoms with Crippen molar-refractivity contribution in [2.24, 2.45) is 0 Å². The normalized spacial score (nSPS) is 10.3. The van der Waals surface area contributed by atoms with Gasteiger partial charge in [-0.25, -0.2) is 14.8 Å². The van der Waals surface area contributed by atoms with Gasteiger partial charge in [0.2, 0.25) is 0 Å². The van der Waals surface area contributed by atoms with Crippen molar-refractivity contribution in [3.05, 3.63) is 83.3 Å². The zero-order chi connectivity index (χ0) is 20.6. The molecule has 1 amide bonds. The Morgan fingerprint density at radius 2 is 1.79 bits per heavy atom. The fraction of sp³-hybridized carbons (Fsp3) is 0.182. The molecule has 2 N–H and O–H groups in total. The molecule has 0 spiro atoms. The van der Waals surface area contributed by atoms with Gasteiger partial charge in [-0.05, 0) is 37.1 Å². The Labute approximate surface area is 169 Å². The summed E-state index contributed by atoms with van der Waals surface area (Å²) in [4.78, 5) is 32.8. The Morgan fingerprint density at radius 1 is 1.03 bits per heavy atom. The summed E-state index contributed by atoms with van der Waals surface area (Å²) in [6.45, 7) is 4.44. The fourth-order valence-corrected chi connectivity index (χ4v) is 2.74. The summed E-state index contributed by atoms with van der Waals surface area (Å²) in [7, 11) is 0. The second kappa shape index (κ2) is 9.45. The minimum Gasteiger partial charge on any atom is -0.462 e. The van der Waals surface area contributed by atoms with Crippen LogP contribution in [0.15, 0.2) is 60.9 Å². The van der Waals surface area contributed by atoms with Crippen molar-refractivity contribution in [1.82, 2.24) is 15.3 Å². The van der Waals surface area contributed by atoms with Crippen molar-refractivity contribution in [3.8, 4) is 0 Å². The quantitative estimate of drug-likeness (QED) is 0.599. The lowest BCUT2D eigenvalue weighted by molar-refractivity contribution is 0.0527. The zero-order valence-corrected chi connectivity index (χ0v) is 16.3. The van der Waals surface area contributed by atoms with E-state index in [1.807, 2.05) is 31.2 Å². The molecule has 3 aromatic rings. The Morgan fingerprint density at radius 3 is 2.59 bits per heavy atom. The van der Waals surface area contributed by atoms with E-state index in [2.05, 4.69) is 20.6 Å². The van der Waals surface area contributed by atoms with E-state index in [0.29, 0.717) is 23.6 Å². The molecule has 148 valence electrons. The lowest BCUT2D eigenvalue weighted by atomic mass is 10.1. The number of ether oxygens (including phenoxy) is 1. The van der Waals surface area contributed by atoms with Gasteiger partial charge in [-0.15, -0.1) is 0 Å². The van der Waals surface area contributed by atoms with E-state index < -0.39 is 5.97 Å². The van der Waals surface area contributed by atoms with Crippen LogP contribution < -0.4 is 10.6 Å². The molecule has 3 rings (SSSR count). The predicted octanol–water partition coefficient (Wildman–Crippen LogP) is 3.64. The van der Waals surface area contributed by atoms with Gasteiger partial charge < -0.3 is 15.4 Å². The molecule has 0 aliphatic rings. The molecule has 0 bridgehead atoms. The van der Waals surface area contributed by atoms with Crippen LogP contribution in [-0.4, -0.2) is 28.5 Å². The van der Waals surface area contributed by atoms with Crippen LogP contribution in [0.2, 0.25) is 0 Å². The van der Waals surface area contributed by atoms with E-state index in [9.17, 15) is 9.59 Å². The Hall–Kier alpha value is -3.74. The average Bonchev–Trinajstić information content (AvgIpc) is 2.74. The Balaban J connectivity index is 1.72. The highest BCUT2D eigenvalue weighted by Gasteiger charge is 2.14. The second-order valence-corrected chi connectivity index (χ2v) is 6.29. The molecule has 0 aliphatic carbocycles. The van der Waals surface area contributed by atoms with Gasteiger partial charge in [-0.2, -0.15) is 0 Å². The van der Waals surface area contributed by atoms with Crippen molar-refractivity contribution in [1.29, 1.82) is 0 Å². The third-order valence-corrected chi connectivity index (χ3v) is 4.29. The molecule has 2 aromatic carbocycles. The first-order valence-electron chi connectivity index (χ1n) is 9.26. The van der Waals surface area contributed by atoms with Crippen LogP contribution in [0, 0.1) is 6.92 Å². The number of nitrogens with zero attached hydrogens (tertiary/aromatic N) is 2. The lowest BCUT2D eigenvalue weighted by Gasteiger charge is -2.11. The molecular weight excluding hydrogens is 368 g/mol. The summed E-state index contributed by atoms with van der Waals surface area (Å²) >= 11 is 0. The molecule has 0 atom stereocenters. The maximum absolute atomic E-state index is 12.5. The molecule has 29 heavy (non-hydrogen) atoms. The standard InChI is InChI=1S/C22H22N4O3/c1-3-29-22(28)17-10-6-7-11-18(17)26-20-12-19(24-14-25-20)21(27)23-13-16-9-5-4-8-15(16)2/h4-12,14H,3,13H2,1-2H3,(H,23,27)(H,24,25,26). The van der Waals surface area contributed by atoms with Crippen molar-refractivity contribution < 1.29 is 14.3 Å². The number of aryl methyl sites for hydroxylation is 1. The lowest BCUT2D eigenvalue weighted by Crippen LogP contribution is -2.24. The molecule has 0 fully saturated rings. The highest BCUT2D eigenvalue weighted by Crippen LogP contribution is 2.20. The van der Waals surface area contributed by atoms with Crippen molar-refractivity contribution >= 4 is 23.4 Å². The maximum atomic E-state index is 12.5. The van der Waals surface area contributed by atoms with E-state index in [0.717, 1.165) is 11.1 Å². The Bertz CT molecular complexity index is 1020. The number of rotatable bonds is 7. The molecule has 0 aliphatic heterocycles. The molecule has 0 saturated heterocycles. The number of amides is 1. The van der Waals surface area contributed by atoms with Gasteiger partial charge in [0.1, 0.15) is 17.8 Å². The summed E-state index contributed by atoms with van der Waals surface area (Å²) in [6.07, 6.45) is 1.30. The van der Waals surface area contributed by atoms with Crippen LogP contribution in [0.3, 0.4) is 0 Å². The largest absolute Gasteiger partial charge is 0.462 e. The van der Waals surface area contributed by atoms with E-state index in [1.165, 1.54) is 12.4 Å². The van der Waals surface area contributed by atoms with Gasteiger partial charge in [0, 0.05) is 12.6 Å². The van der Waals surface area contributed by atoms with Gasteiger partial charge in [0.05, 0.1) is 17.9 Å². The molecule has 7 heteroatoms. The smallest absolute Gasteiger partial charge is 0.340 e. The first-order chi connectivity index (χ1) is 14.1. The number of hydrogen-bond donors (Lipinski definition) is 2. The fourth-order valence-electron chi connectivity index (χ4n) is 2.74. The number of benzene rings is 2. The number of anilines is 2. The van der Waals surface area contributed by atoms with Crippen LogP contribution in [0.1, 0.15) is 38.9 Å². The Kier molecular flexibility index (Phi) is 6.52. The summed E-state index contributed by atoms with van der Waals surface area (Å²) < 4.78 is 5.08. The summed E-state index contributed by atoms with van der Waals surface area (Å²) in [5, 5.41) is 5.92. The molecule has 1 aromatic heterocycles. The third-order valence-electron chi connectivity index (χ3n) is 4.29. The number of carbonyl (C=O) groups is 2. The molecule has 0 radical (unpaired) electrons. The molecule has 0 saturated carbocycles. The van der Waals surface area contributed by atoms with Gasteiger partial charge in [-0.1, -0.05) is 36.4 Å². The van der Waals surface area contributed by atoms with Gasteiger partial charge >= 0.3 is 5.97 Å². The van der Waals surface area contributed by atoms with Crippen molar-refractivity contribution in [2.75, 3.05) is 11.9 Å². The summed E-state index contributed by atoms with van der Waals surface area (Å²) in [5.74, 6) is -0.337. The van der Waals surface area contributed by atoms with Crippen LogP contribution >= 0.6 is 0 Å². The number of carbonyl (C=O) groups excluding carboxylic acids is 2. The molecule has 0 unspecified atom stereocenters. The number of nitrogens with one attached hydrogen (secondary N) is 2. The van der Waals surface area contributed by atoms with Crippen LogP contribution in [0.4, 0.5) is 11.5 Å². The van der Waals surface area contributed by atoms with E-state index >= 15 is 0 Å². The van der Waals surface area contributed by atoms with Crippen molar-refractivity contribution in [2.45, 2.75) is 20.4 Å². The minimum atomic E-state index is -0.430. The molecular formula is C22H22N4O3. The van der Waals surface area contributed by atoms with Crippen LogP contribution in [-0.2, 0) is 11.3 Å². The number of esters is 1. The zero-order valence-electron chi connectivity index (χ0n) is 16.3. The highest BCUT2D eigenvalue weighted by atomic mass is 16.5. The SMILES string of the molecule is CCOC(=O)c1ccccc1Nc1cc(C(=O)NCc2ccccc2C)ncn1. The number of para-hydroxylation sites is 1. The average molecular weight is 390 g/mol. The number of hydrogen-bond acceptors (Lipinski definition) is 6. The maximum Gasteiger partial charge on any atom is 0.340 e. The van der Waals surface area contributed by atoms with E-state index in [4.69, 9.17) is 4.74 Å². The van der Waals surface area contributed by atoms with Crippen LogP contribution in [0.25, 0.3) is 0 Å². The van der Waals surface area contributed by atoms with Gasteiger partial charge in [0.15, 0.2) is 0 Å². The summed E-state index contributed by atoms with van der Waals surface area (Å²) in [6, 6.07) is 16.3. The van der Waals surface area contributed by atoms with Gasteiger partial charge in [-0.3, -0.25) is 4.79 Å². The first-order valence-corrected chi connectivity index (χ1v) is 9.26. The third kappa shape index (κ3) is 5.16. The first kappa shape index (κ1) is 20.0. The molecule has 7 nitrogen and oxygen atoms in total. The van der Waals surface area contributed by atoms with Gasteiger partial charge in [0.25, 0.3) is 5.91 Å². The highest BCUT2D eigenvalue weighted by molar-refractivity contribution is 5.97. The second-order valence-electron chi connectivity index (χ2n) is 6.29. The summed E-state index contributed by atoms with van der Waals surface area (Å²) in [5.41, 5.74) is 3.30. The van der Waals surface area contributed by atoms with E-state index in [1.54, 1.807) is 31.2 Å². The monoisotopic (exact) mass is 390 g/mol. The van der Waals surface area contributed by atoms with Crippen molar-refractivity contribution in [3.63, 3.8) is 0 Å². The predicted molar refractivity (Wildman–Crippen MR) is 110 cm³/mol. The van der Waals surface area contributed by atoms with E-state index in [-0.39, 0.29) is 18.2 Å². The number of aromatic nitrogens is 2. The minimum absolute atomic E-state index is 0.227. The molecule has 1 heterocycles. The topological polar surface area (TPSA) is 93.2 Å².